The molecule has 0 aromatic carbocycles. The summed E-state index contributed by atoms with van der Waals surface area (Å²) in [5.74, 6) is 0.193. The Hall–Kier alpha value is -2.89. The molecule has 2 heterocycles. The third-order valence-corrected chi connectivity index (χ3v) is 6.54. The van der Waals surface area contributed by atoms with Gasteiger partial charge in [0.25, 0.3) is 5.56 Å². The molecule has 1 saturated carbocycles. The number of alkyl halides is 1. The minimum Gasteiger partial charge on any atom is -0.443 e. The Balaban J connectivity index is 2.05. The van der Waals surface area contributed by atoms with Gasteiger partial charge in [-0.3, -0.25) is 13.9 Å². The van der Waals surface area contributed by atoms with Crippen LogP contribution < -0.4 is 22.4 Å². The number of hydrogen-bond acceptors (Lipinski definition) is 6. The Morgan fingerprint density at radius 2 is 1.97 bits per heavy atom. The number of hydrazine groups is 1. The van der Waals surface area contributed by atoms with Crippen LogP contribution in [0.5, 0.6) is 0 Å². The number of nitrogens with one attached hydrogen (secondary N) is 1. The smallest absolute Gasteiger partial charge is 0.426 e. The number of thiophene rings is 1. The average molecular weight is 470 g/mol. The molecular formula is C20H28FN5O5S. The van der Waals surface area contributed by atoms with Crippen molar-refractivity contribution in [3.8, 4) is 0 Å². The van der Waals surface area contributed by atoms with Crippen molar-refractivity contribution in [2.75, 3.05) is 6.67 Å². The highest BCUT2D eigenvalue weighted by Crippen LogP contribution is 2.41. The topological polar surface area (TPSA) is 129 Å². The number of nitrogens with two attached hydrogens (primary N) is 1. The van der Waals surface area contributed by atoms with Crippen LogP contribution in [0.2, 0.25) is 0 Å². The van der Waals surface area contributed by atoms with Crippen LogP contribution in [-0.2, 0) is 17.8 Å². The molecule has 10 nitrogen and oxygen atoms in total. The van der Waals surface area contributed by atoms with Gasteiger partial charge in [0.1, 0.15) is 17.1 Å². The van der Waals surface area contributed by atoms with Gasteiger partial charge >= 0.3 is 17.8 Å². The van der Waals surface area contributed by atoms with E-state index in [2.05, 4.69) is 5.43 Å². The number of aryl methyl sites for hydroxylation is 2. The summed E-state index contributed by atoms with van der Waals surface area (Å²) in [5, 5.41) is 1.17. The number of ether oxygens (including phenoxy) is 1. The van der Waals surface area contributed by atoms with E-state index >= 15 is 0 Å². The fourth-order valence-corrected chi connectivity index (χ4v) is 4.83. The van der Waals surface area contributed by atoms with Crippen LogP contribution in [0.15, 0.2) is 9.59 Å². The van der Waals surface area contributed by atoms with Gasteiger partial charge in [-0.1, -0.05) is 6.92 Å². The number of carbonyl (C=O) groups excluding carboxylic acids is 2. The molecule has 1 fully saturated rings. The molecule has 2 aromatic heterocycles. The van der Waals surface area contributed by atoms with E-state index in [0.29, 0.717) is 27.1 Å². The van der Waals surface area contributed by atoms with Crippen molar-refractivity contribution >= 4 is 33.7 Å². The Morgan fingerprint density at radius 3 is 2.47 bits per heavy atom. The molecule has 0 spiro atoms. The van der Waals surface area contributed by atoms with E-state index in [1.54, 1.807) is 27.7 Å². The molecule has 176 valence electrons. The number of carbonyl (C=O) groups is 2. The number of fused-ring (bicyclic) bond motifs is 1. The Labute approximate surface area is 187 Å². The van der Waals surface area contributed by atoms with E-state index in [4.69, 9.17) is 10.5 Å². The van der Waals surface area contributed by atoms with Gasteiger partial charge in [0.05, 0.1) is 18.5 Å². The summed E-state index contributed by atoms with van der Waals surface area (Å²) in [6.45, 7) is 7.54. The Bertz CT molecular complexity index is 1180. The van der Waals surface area contributed by atoms with Crippen molar-refractivity contribution < 1.29 is 18.7 Å². The molecule has 0 aliphatic heterocycles. The van der Waals surface area contributed by atoms with Crippen LogP contribution in [0.4, 0.5) is 14.0 Å². The fourth-order valence-electron chi connectivity index (χ4n) is 3.52. The SMILES string of the molecule is Cc1c(CN(NC(=O)OC(C)(C)C)C(N)=O)sc2c1c(=O)n([C@H]1C[C@@H]1C)c(=O)n2CCF. The molecule has 12 heteroatoms. The molecule has 32 heavy (non-hydrogen) atoms. The van der Waals surface area contributed by atoms with Crippen molar-refractivity contribution in [1.82, 2.24) is 19.6 Å². The first-order valence-electron chi connectivity index (χ1n) is 10.3. The van der Waals surface area contributed by atoms with Gasteiger partial charge in [-0.25, -0.2) is 29.2 Å². The average Bonchev–Trinajstić information content (AvgIpc) is 3.27. The monoisotopic (exact) mass is 469 g/mol. The highest BCUT2D eigenvalue weighted by molar-refractivity contribution is 7.18. The summed E-state index contributed by atoms with van der Waals surface area (Å²) >= 11 is 1.09. The molecule has 3 rings (SSSR count). The molecular weight excluding hydrogens is 441 g/mol. The highest BCUT2D eigenvalue weighted by Gasteiger charge is 2.38. The molecule has 3 amide bonds. The summed E-state index contributed by atoms with van der Waals surface area (Å²) < 4.78 is 20.9. The minimum atomic E-state index is -0.932. The van der Waals surface area contributed by atoms with Gasteiger partial charge in [0.15, 0.2) is 0 Å². The molecule has 3 N–H and O–H groups in total. The van der Waals surface area contributed by atoms with Gasteiger partial charge < -0.3 is 10.5 Å². The largest absolute Gasteiger partial charge is 0.443 e. The predicted octanol–water partition coefficient (Wildman–Crippen LogP) is 2.40. The minimum absolute atomic E-state index is 0.150. The third kappa shape index (κ3) is 4.64. The molecule has 0 bridgehead atoms. The van der Waals surface area contributed by atoms with Crippen molar-refractivity contribution in [2.24, 2.45) is 11.7 Å². The lowest BCUT2D eigenvalue weighted by molar-refractivity contribution is 0.0376. The standard InChI is InChI=1S/C20H28FN5O5S/c1-10-8-12(10)26-15(27)14-11(2)13(32-16(14)24(7-6-21)19(26)30)9-25(17(22)28)23-18(29)31-20(3,4)5/h10,12H,6-9H2,1-5H3,(H2,22,28)(H,23,29)/t10-,12-/m0/s1. The number of urea groups is 1. The molecule has 0 radical (unpaired) electrons. The summed E-state index contributed by atoms with van der Waals surface area (Å²) in [4.78, 5) is 51.0. The first-order valence-corrected chi connectivity index (χ1v) is 11.1. The van der Waals surface area contributed by atoms with Crippen LogP contribution in [0.25, 0.3) is 10.2 Å². The lowest BCUT2D eigenvalue weighted by Gasteiger charge is -2.24. The summed E-state index contributed by atoms with van der Waals surface area (Å²) in [5.41, 5.74) is 6.50. The van der Waals surface area contributed by atoms with Crippen molar-refractivity contribution in [2.45, 2.75) is 65.8 Å². The molecule has 1 aliphatic carbocycles. The fraction of sp³-hybridized carbons (Fsp3) is 0.600. The van der Waals surface area contributed by atoms with E-state index in [1.807, 2.05) is 6.92 Å². The van der Waals surface area contributed by atoms with Gasteiger partial charge in [-0.2, -0.15) is 0 Å². The lowest BCUT2D eigenvalue weighted by Crippen LogP contribution is -2.49. The summed E-state index contributed by atoms with van der Waals surface area (Å²) in [7, 11) is 0. The molecule has 0 unspecified atom stereocenters. The maximum atomic E-state index is 13.2. The second-order valence-corrected chi connectivity index (χ2v) is 10.0. The van der Waals surface area contributed by atoms with Crippen LogP contribution in [0.3, 0.4) is 0 Å². The Morgan fingerprint density at radius 1 is 1.34 bits per heavy atom. The zero-order chi connectivity index (χ0) is 24.0. The highest BCUT2D eigenvalue weighted by atomic mass is 32.1. The lowest BCUT2D eigenvalue weighted by atomic mass is 10.2. The number of hydrogen-bond donors (Lipinski definition) is 2. The van der Waals surface area contributed by atoms with Crippen LogP contribution >= 0.6 is 11.3 Å². The number of rotatable bonds is 5. The van der Waals surface area contributed by atoms with Crippen LogP contribution in [0, 0.1) is 12.8 Å². The Kier molecular flexibility index (Phi) is 6.36. The van der Waals surface area contributed by atoms with E-state index in [9.17, 15) is 23.6 Å². The van der Waals surface area contributed by atoms with E-state index < -0.39 is 35.6 Å². The van der Waals surface area contributed by atoms with Crippen molar-refractivity contribution in [3.05, 3.63) is 31.3 Å². The van der Waals surface area contributed by atoms with E-state index in [1.165, 1.54) is 9.13 Å². The van der Waals surface area contributed by atoms with Gasteiger partial charge in [-0.05, 0) is 45.6 Å². The quantitative estimate of drug-likeness (QED) is 0.650. The molecule has 1 aliphatic rings. The summed E-state index contributed by atoms with van der Waals surface area (Å²) in [6, 6.07) is -1.14. The second kappa shape index (κ2) is 8.57. The third-order valence-electron chi connectivity index (χ3n) is 5.24. The van der Waals surface area contributed by atoms with E-state index in [0.717, 1.165) is 16.3 Å². The normalized spacial score (nSPS) is 17.9. The number of amides is 3. The zero-order valence-electron chi connectivity index (χ0n) is 18.7. The van der Waals surface area contributed by atoms with Crippen molar-refractivity contribution in [1.29, 1.82) is 0 Å². The molecule has 2 atom stereocenters. The first kappa shape index (κ1) is 23.8. The number of aromatic nitrogens is 2. The van der Waals surface area contributed by atoms with Crippen LogP contribution in [-0.4, -0.2) is 38.5 Å². The van der Waals surface area contributed by atoms with Crippen molar-refractivity contribution in [3.63, 3.8) is 0 Å². The van der Waals surface area contributed by atoms with E-state index in [-0.39, 0.29) is 25.0 Å². The second-order valence-electron chi connectivity index (χ2n) is 8.95. The van der Waals surface area contributed by atoms with Gasteiger partial charge in [0.2, 0.25) is 0 Å². The number of halogens is 1. The summed E-state index contributed by atoms with van der Waals surface area (Å²) in [6.07, 6.45) is -0.156. The number of primary amides is 1. The maximum Gasteiger partial charge on any atom is 0.426 e. The first-order chi connectivity index (χ1) is 14.9. The predicted molar refractivity (Wildman–Crippen MR) is 118 cm³/mol. The maximum absolute atomic E-state index is 13.2. The van der Waals surface area contributed by atoms with Crippen LogP contribution in [0.1, 0.15) is 50.6 Å². The zero-order valence-corrected chi connectivity index (χ0v) is 19.5. The molecule has 0 saturated heterocycles. The van der Waals surface area contributed by atoms with Gasteiger partial charge in [0, 0.05) is 10.9 Å². The van der Waals surface area contributed by atoms with Gasteiger partial charge in [-0.15, -0.1) is 11.3 Å². The molecule has 2 aromatic rings. The number of nitrogens with zero attached hydrogens (tertiary/aromatic N) is 3.